The summed E-state index contributed by atoms with van der Waals surface area (Å²) in [6, 6.07) is 0.723. The topological polar surface area (TPSA) is 102 Å². The highest BCUT2D eigenvalue weighted by Gasteiger charge is 2.27. The van der Waals surface area contributed by atoms with Crippen molar-refractivity contribution >= 4 is 11.5 Å². The van der Waals surface area contributed by atoms with E-state index in [1.807, 2.05) is 7.05 Å². The molecule has 110 valence electrons. The van der Waals surface area contributed by atoms with E-state index >= 15 is 0 Å². The lowest BCUT2D eigenvalue weighted by Crippen LogP contribution is -2.35. The van der Waals surface area contributed by atoms with Crippen LogP contribution in [-0.2, 0) is 0 Å². The minimum Gasteiger partial charge on any atom is -0.476 e. The molecule has 0 saturated heterocycles. The van der Waals surface area contributed by atoms with Gasteiger partial charge < -0.3 is 15.4 Å². The van der Waals surface area contributed by atoms with E-state index in [0.717, 1.165) is 25.7 Å². The summed E-state index contributed by atoms with van der Waals surface area (Å²) in [6.45, 7) is 0. The summed E-state index contributed by atoms with van der Waals surface area (Å²) >= 11 is 0. The first-order chi connectivity index (χ1) is 9.65. The van der Waals surface area contributed by atoms with Crippen LogP contribution in [-0.4, -0.2) is 41.1 Å². The van der Waals surface area contributed by atoms with Crippen molar-refractivity contribution in [1.29, 1.82) is 0 Å². The molecule has 0 atom stereocenters. The van der Waals surface area contributed by atoms with Gasteiger partial charge in [0.1, 0.15) is 6.33 Å². The summed E-state index contributed by atoms with van der Waals surface area (Å²) in [4.78, 5) is 18.4. The predicted octanol–water partition coefficient (Wildman–Crippen LogP) is 1.34. The molecule has 0 amide bonds. The fraction of sp³-hybridized carbons (Fsp3) is 0.667. The summed E-state index contributed by atoms with van der Waals surface area (Å²) < 4.78 is 4.93. The summed E-state index contributed by atoms with van der Waals surface area (Å²) in [7, 11) is 3.32. The Balaban J connectivity index is 2.12. The molecule has 2 rings (SSSR count). The Morgan fingerprint density at radius 3 is 2.50 bits per heavy atom. The highest BCUT2D eigenvalue weighted by Crippen LogP contribution is 2.32. The highest BCUT2D eigenvalue weighted by atomic mass is 16.6. The first kappa shape index (κ1) is 14.4. The Hall–Kier alpha value is -1.96. The molecule has 0 spiro atoms. The fourth-order valence-electron chi connectivity index (χ4n) is 2.50. The van der Waals surface area contributed by atoms with Crippen LogP contribution in [0.1, 0.15) is 25.7 Å². The second-order valence-corrected chi connectivity index (χ2v) is 4.82. The van der Waals surface area contributed by atoms with Gasteiger partial charge in [-0.05, 0) is 32.7 Å². The predicted molar refractivity (Wildman–Crippen MR) is 74.0 cm³/mol. The molecule has 1 saturated carbocycles. The molecule has 0 radical (unpaired) electrons. The molecule has 0 bridgehead atoms. The lowest BCUT2D eigenvalue weighted by molar-refractivity contribution is -0.385. The molecule has 2 N–H and O–H groups in total. The number of ether oxygens (including phenoxy) is 1. The number of hydrogen-bond donors (Lipinski definition) is 2. The van der Waals surface area contributed by atoms with Crippen molar-refractivity contribution in [3.8, 4) is 5.88 Å². The zero-order valence-corrected chi connectivity index (χ0v) is 11.6. The maximum atomic E-state index is 11.1. The molecule has 0 unspecified atom stereocenters. The molecular formula is C12H19N5O3. The maximum Gasteiger partial charge on any atom is 0.372 e. The number of nitro groups is 1. The quantitative estimate of drug-likeness (QED) is 0.620. The van der Waals surface area contributed by atoms with E-state index < -0.39 is 4.92 Å². The van der Waals surface area contributed by atoms with Crippen LogP contribution in [0, 0.1) is 10.1 Å². The van der Waals surface area contributed by atoms with Crippen LogP contribution in [0.25, 0.3) is 0 Å². The fourth-order valence-corrected chi connectivity index (χ4v) is 2.50. The number of nitrogens with zero attached hydrogens (tertiary/aromatic N) is 3. The lowest BCUT2D eigenvalue weighted by Gasteiger charge is -2.28. The zero-order chi connectivity index (χ0) is 14.5. The summed E-state index contributed by atoms with van der Waals surface area (Å²) in [6.07, 6.45) is 5.27. The van der Waals surface area contributed by atoms with Crippen LogP contribution < -0.4 is 15.4 Å². The second-order valence-electron chi connectivity index (χ2n) is 4.82. The monoisotopic (exact) mass is 281 g/mol. The van der Waals surface area contributed by atoms with Gasteiger partial charge in [0, 0.05) is 12.1 Å². The largest absolute Gasteiger partial charge is 0.476 e. The van der Waals surface area contributed by atoms with Crippen LogP contribution in [0.5, 0.6) is 5.88 Å². The third kappa shape index (κ3) is 3.13. The van der Waals surface area contributed by atoms with Crippen molar-refractivity contribution in [1.82, 2.24) is 15.3 Å². The zero-order valence-electron chi connectivity index (χ0n) is 11.6. The van der Waals surface area contributed by atoms with Crippen molar-refractivity contribution in [2.24, 2.45) is 0 Å². The summed E-state index contributed by atoms with van der Waals surface area (Å²) in [5, 5.41) is 17.5. The number of methoxy groups -OCH3 is 1. The van der Waals surface area contributed by atoms with Crippen LogP contribution in [0.15, 0.2) is 6.33 Å². The molecule has 1 aromatic heterocycles. The van der Waals surface area contributed by atoms with Gasteiger partial charge in [0.15, 0.2) is 0 Å². The van der Waals surface area contributed by atoms with E-state index in [1.165, 1.54) is 13.4 Å². The number of aromatic nitrogens is 2. The van der Waals surface area contributed by atoms with Crippen molar-refractivity contribution < 1.29 is 9.66 Å². The molecule has 8 nitrogen and oxygen atoms in total. The summed E-state index contributed by atoms with van der Waals surface area (Å²) in [5.41, 5.74) is -0.203. The van der Waals surface area contributed by atoms with Gasteiger partial charge in [-0.1, -0.05) is 0 Å². The molecule has 20 heavy (non-hydrogen) atoms. The Morgan fingerprint density at radius 1 is 1.30 bits per heavy atom. The van der Waals surface area contributed by atoms with E-state index in [4.69, 9.17) is 4.74 Å². The van der Waals surface area contributed by atoms with Crippen molar-refractivity contribution in [2.75, 3.05) is 19.5 Å². The van der Waals surface area contributed by atoms with Gasteiger partial charge >= 0.3 is 5.69 Å². The third-order valence-corrected chi connectivity index (χ3v) is 3.64. The smallest absolute Gasteiger partial charge is 0.372 e. The minimum atomic E-state index is -0.513. The molecular weight excluding hydrogens is 262 g/mol. The van der Waals surface area contributed by atoms with E-state index in [0.29, 0.717) is 6.04 Å². The maximum absolute atomic E-state index is 11.1. The second kappa shape index (κ2) is 6.47. The van der Waals surface area contributed by atoms with Crippen molar-refractivity contribution in [2.45, 2.75) is 37.8 Å². The van der Waals surface area contributed by atoms with Gasteiger partial charge in [0.25, 0.3) is 5.88 Å². The third-order valence-electron chi connectivity index (χ3n) is 3.64. The van der Waals surface area contributed by atoms with Gasteiger partial charge in [-0.25, -0.2) is 4.98 Å². The van der Waals surface area contributed by atoms with E-state index in [9.17, 15) is 10.1 Å². The van der Waals surface area contributed by atoms with E-state index in [1.54, 1.807) is 0 Å². The molecule has 1 aromatic rings. The molecule has 1 heterocycles. The van der Waals surface area contributed by atoms with Crippen molar-refractivity contribution in [3.63, 3.8) is 0 Å². The Labute approximate surface area is 117 Å². The molecule has 0 aromatic carbocycles. The van der Waals surface area contributed by atoms with Gasteiger partial charge in [0.05, 0.1) is 12.0 Å². The first-order valence-electron chi connectivity index (χ1n) is 6.63. The number of anilines is 1. The van der Waals surface area contributed by atoms with E-state index in [-0.39, 0.29) is 23.4 Å². The summed E-state index contributed by atoms with van der Waals surface area (Å²) in [5.74, 6) is 0.214. The van der Waals surface area contributed by atoms with Crippen LogP contribution in [0.3, 0.4) is 0 Å². The van der Waals surface area contributed by atoms with Crippen LogP contribution in [0.2, 0.25) is 0 Å². The minimum absolute atomic E-state index is 0.0172. The normalized spacial score (nSPS) is 22.3. The molecule has 1 aliphatic carbocycles. The lowest BCUT2D eigenvalue weighted by atomic mass is 9.91. The van der Waals surface area contributed by atoms with Crippen molar-refractivity contribution in [3.05, 3.63) is 16.4 Å². The Morgan fingerprint density at radius 2 is 1.95 bits per heavy atom. The average molecular weight is 281 g/mol. The first-order valence-corrected chi connectivity index (χ1v) is 6.63. The number of nitrogens with one attached hydrogen (secondary N) is 2. The Kier molecular flexibility index (Phi) is 4.67. The molecule has 1 fully saturated rings. The molecule has 8 heteroatoms. The Bertz CT molecular complexity index is 474. The molecule has 1 aliphatic rings. The SMILES string of the molecule is CNC1CCC(Nc2ncnc(OC)c2[N+](=O)[O-])CC1. The standard InChI is InChI=1S/C12H19N5O3/c1-13-8-3-5-9(6-4-8)16-11-10(17(18)19)12(20-2)15-7-14-11/h7-9,13H,3-6H2,1-2H3,(H,14,15,16). The number of rotatable bonds is 5. The van der Waals surface area contributed by atoms with Gasteiger partial charge in [-0.3, -0.25) is 10.1 Å². The van der Waals surface area contributed by atoms with Gasteiger partial charge in [0.2, 0.25) is 5.82 Å². The highest BCUT2D eigenvalue weighted by molar-refractivity contribution is 5.61. The van der Waals surface area contributed by atoms with Crippen LogP contribution >= 0.6 is 0 Å². The van der Waals surface area contributed by atoms with E-state index in [2.05, 4.69) is 20.6 Å². The van der Waals surface area contributed by atoms with Crippen LogP contribution in [0.4, 0.5) is 11.5 Å². The number of hydrogen-bond acceptors (Lipinski definition) is 7. The molecule has 0 aliphatic heterocycles. The average Bonchev–Trinajstić information content (AvgIpc) is 2.47. The van der Waals surface area contributed by atoms with Gasteiger partial charge in [-0.2, -0.15) is 4.98 Å². The van der Waals surface area contributed by atoms with Gasteiger partial charge in [-0.15, -0.1) is 0 Å².